The molecule has 0 spiro atoms. The van der Waals surface area contributed by atoms with Crippen LogP contribution in [0.5, 0.6) is 0 Å². The van der Waals surface area contributed by atoms with Gasteiger partial charge in [0.25, 0.3) is 0 Å². The molecule has 0 saturated heterocycles. The summed E-state index contributed by atoms with van der Waals surface area (Å²) in [7, 11) is 1.94. The van der Waals surface area contributed by atoms with Crippen LogP contribution in [0.2, 0.25) is 0 Å². The molecular formula is C24H27N5. The first-order valence-corrected chi connectivity index (χ1v) is 10.1. The summed E-state index contributed by atoms with van der Waals surface area (Å²) in [6.45, 7) is 4.49. The van der Waals surface area contributed by atoms with Crippen LogP contribution in [0.15, 0.2) is 73.2 Å². The minimum absolute atomic E-state index is 0.758. The molecule has 0 radical (unpaired) electrons. The lowest BCUT2D eigenvalue weighted by Gasteiger charge is -2.05. The molecule has 0 atom stereocenters. The van der Waals surface area contributed by atoms with E-state index < -0.39 is 0 Å². The standard InChI is InChI=1S/C24H27N5/c1-3-19-9-11-22(12-10-19)24-23(15-25-13-21-14-26-28(2)16-21)18-29(27-24)17-20-7-5-4-6-8-20/h4-12,14,16,18,25H,3,13,15,17H2,1-2H3. The fourth-order valence-corrected chi connectivity index (χ4v) is 3.49. The summed E-state index contributed by atoms with van der Waals surface area (Å²) in [5.41, 5.74) is 7.17. The first-order valence-electron chi connectivity index (χ1n) is 10.1. The van der Waals surface area contributed by atoms with E-state index in [-0.39, 0.29) is 0 Å². The Labute approximate surface area is 172 Å². The predicted octanol–water partition coefficient (Wildman–Crippen LogP) is 4.18. The lowest BCUT2D eigenvalue weighted by molar-refractivity contribution is 0.677. The van der Waals surface area contributed by atoms with Crippen molar-refractivity contribution in [3.63, 3.8) is 0 Å². The van der Waals surface area contributed by atoms with Crippen molar-refractivity contribution in [3.05, 3.63) is 95.4 Å². The molecule has 5 heteroatoms. The monoisotopic (exact) mass is 385 g/mol. The summed E-state index contributed by atoms with van der Waals surface area (Å²) in [6.07, 6.45) is 7.14. The van der Waals surface area contributed by atoms with Gasteiger partial charge in [0, 0.05) is 49.2 Å². The number of aromatic nitrogens is 4. The molecule has 2 heterocycles. The maximum Gasteiger partial charge on any atom is 0.0968 e. The van der Waals surface area contributed by atoms with Gasteiger partial charge in [-0.1, -0.05) is 61.5 Å². The Morgan fingerprint density at radius 2 is 1.66 bits per heavy atom. The molecule has 4 rings (SSSR count). The SMILES string of the molecule is CCc1ccc(-c2nn(Cc3ccccc3)cc2CNCc2cnn(C)c2)cc1. The summed E-state index contributed by atoms with van der Waals surface area (Å²) in [4.78, 5) is 0. The van der Waals surface area contributed by atoms with E-state index in [1.54, 1.807) is 0 Å². The van der Waals surface area contributed by atoms with E-state index in [1.807, 2.05) is 34.9 Å². The average Bonchev–Trinajstić information content (AvgIpc) is 3.35. The van der Waals surface area contributed by atoms with Crippen LogP contribution >= 0.6 is 0 Å². The van der Waals surface area contributed by atoms with Crippen molar-refractivity contribution < 1.29 is 0 Å². The van der Waals surface area contributed by atoms with E-state index >= 15 is 0 Å². The minimum atomic E-state index is 0.758. The van der Waals surface area contributed by atoms with Crippen LogP contribution in [0, 0.1) is 0 Å². The quantitative estimate of drug-likeness (QED) is 0.495. The second-order valence-corrected chi connectivity index (χ2v) is 7.36. The van der Waals surface area contributed by atoms with Crippen molar-refractivity contribution in [2.24, 2.45) is 7.05 Å². The summed E-state index contributed by atoms with van der Waals surface area (Å²) < 4.78 is 3.87. The molecule has 0 saturated carbocycles. The number of hydrogen-bond donors (Lipinski definition) is 1. The van der Waals surface area contributed by atoms with Gasteiger partial charge in [-0.05, 0) is 17.5 Å². The van der Waals surface area contributed by atoms with Crippen LogP contribution in [0.25, 0.3) is 11.3 Å². The summed E-state index contributed by atoms with van der Waals surface area (Å²) in [5, 5.41) is 12.7. The highest BCUT2D eigenvalue weighted by molar-refractivity contribution is 5.63. The van der Waals surface area contributed by atoms with E-state index in [4.69, 9.17) is 5.10 Å². The van der Waals surface area contributed by atoms with Gasteiger partial charge >= 0.3 is 0 Å². The smallest absolute Gasteiger partial charge is 0.0968 e. The van der Waals surface area contributed by atoms with Gasteiger partial charge in [-0.15, -0.1) is 0 Å². The van der Waals surface area contributed by atoms with Gasteiger partial charge in [0.2, 0.25) is 0 Å². The molecule has 0 unspecified atom stereocenters. The zero-order chi connectivity index (χ0) is 20.1. The van der Waals surface area contributed by atoms with E-state index in [0.717, 1.165) is 37.3 Å². The molecule has 0 bridgehead atoms. The fourth-order valence-electron chi connectivity index (χ4n) is 3.49. The molecule has 29 heavy (non-hydrogen) atoms. The number of benzene rings is 2. The molecule has 5 nitrogen and oxygen atoms in total. The molecule has 0 aliphatic heterocycles. The normalized spacial score (nSPS) is 11.1. The number of nitrogens with zero attached hydrogens (tertiary/aromatic N) is 4. The molecule has 2 aromatic carbocycles. The highest BCUT2D eigenvalue weighted by atomic mass is 15.3. The third kappa shape index (κ3) is 4.81. The van der Waals surface area contributed by atoms with Gasteiger partial charge in [-0.2, -0.15) is 10.2 Å². The van der Waals surface area contributed by atoms with Gasteiger partial charge in [0.05, 0.1) is 18.4 Å². The van der Waals surface area contributed by atoms with Gasteiger partial charge in [0.1, 0.15) is 0 Å². The highest BCUT2D eigenvalue weighted by Gasteiger charge is 2.12. The molecule has 148 valence electrons. The van der Waals surface area contributed by atoms with E-state index in [9.17, 15) is 0 Å². The molecule has 4 aromatic rings. The lowest BCUT2D eigenvalue weighted by Crippen LogP contribution is -2.12. The summed E-state index contributed by atoms with van der Waals surface area (Å²) in [5.74, 6) is 0. The molecule has 0 fully saturated rings. The molecular weight excluding hydrogens is 358 g/mol. The third-order valence-electron chi connectivity index (χ3n) is 5.06. The number of rotatable bonds is 8. The topological polar surface area (TPSA) is 47.7 Å². The Morgan fingerprint density at radius 1 is 0.862 bits per heavy atom. The van der Waals surface area contributed by atoms with Crippen molar-refractivity contribution >= 4 is 0 Å². The van der Waals surface area contributed by atoms with E-state index in [2.05, 4.69) is 72.1 Å². The maximum absolute atomic E-state index is 4.92. The van der Waals surface area contributed by atoms with Gasteiger partial charge in [-0.25, -0.2) is 0 Å². The predicted molar refractivity (Wildman–Crippen MR) is 116 cm³/mol. The van der Waals surface area contributed by atoms with Crippen LogP contribution in [0.1, 0.15) is 29.2 Å². The summed E-state index contributed by atoms with van der Waals surface area (Å²) >= 11 is 0. The van der Waals surface area contributed by atoms with Crippen molar-refractivity contribution in [3.8, 4) is 11.3 Å². The van der Waals surface area contributed by atoms with Crippen LogP contribution in [-0.4, -0.2) is 19.6 Å². The zero-order valence-corrected chi connectivity index (χ0v) is 17.0. The first-order chi connectivity index (χ1) is 14.2. The molecule has 2 aromatic heterocycles. The Bertz CT molecular complexity index is 1040. The lowest BCUT2D eigenvalue weighted by atomic mass is 10.0. The van der Waals surface area contributed by atoms with Gasteiger partial charge in [-0.3, -0.25) is 9.36 Å². The second kappa shape index (κ2) is 8.88. The Balaban J connectivity index is 1.56. The van der Waals surface area contributed by atoms with Crippen LogP contribution in [0.3, 0.4) is 0 Å². The molecule has 1 N–H and O–H groups in total. The van der Waals surface area contributed by atoms with Crippen molar-refractivity contribution in [1.29, 1.82) is 0 Å². The molecule has 0 aliphatic carbocycles. The van der Waals surface area contributed by atoms with Crippen LogP contribution in [-0.2, 0) is 33.1 Å². The second-order valence-electron chi connectivity index (χ2n) is 7.36. The van der Waals surface area contributed by atoms with Crippen molar-refractivity contribution in [2.45, 2.75) is 33.0 Å². The van der Waals surface area contributed by atoms with Crippen LogP contribution in [0.4, 0.5) is 0 Å². The van der Waals surface area contributed by atoms with Gasteiger partial charge in [0.15, 0.2) is 0 Å². The Morgan fingerprint density at radius 3 is 2.34 bits per heavy atom. The first kappa shape index (κ1) is 19.2. The summed E-state index contributed by atoms with van der Waals surface area (Å²) in [6, 6.07) is 19.2. The Kier molecular flexibility index (Phi) is 5.86. The molecule has 0 aliphatic rings. The third-order valence-corrected chi connectivity index (χ3v) is 5.06. The number of nitrogens with one attached hydrogen (secondary N) is 1. The fraction of sp³-hybridized carbons (Fsp3) is 0.250. The van der Waals surface area contributed by atoms with Crippen molar-refractivity contribution in [1.82, 2.24) is 24.9 Å². The highest BCUT2D eigenvalue weighted by Crippen LogP contribution is 2.23. The van der Waals surface area contributed by atoms with Crippen molar-refractivity contribution in [2.75, 3.05) is 0 Å². The number of hydrogen-bond acceptors (Lipinski definition) is 3. The average molecular weight is 386 g/mol. The molecule has 0 amide bonds. The minimum Gasteiger partial charge on any atom is -0.308 e. The zero-order valence-electron chi connectivity index (χ0n) is 17.0. The van der Waals surface area contributed by atoms with E-state index in [0.29, 0.717) is 0 Å². The number of aryl methyl sites for hydroxylation is 2. The van der Waals surface area contributed by atoms with Gasteiger partial charge < -0.3 is 5.32 Å². The largest absolute Gasteiger partial charge is 0.308 e. The van der Waals surface area contributed by atoms with Crippen LogP contribution < -0.4 is 5.32 Å². The Hall–Kier alpha value is -3.18. The maximum atomic E-state index is 4.92. The van der Waals surface area contributed by atoms with E-state index in [1.165, 1.54) is 22.3 Å².